The van der Waals surface area contributed by atoms with Gasteiger partial charge in [-0.1, -0.05) is 17.7 Å². The Labute approximate surface area is 87.8 Å². The topological polar surface area (TPSA) is 38.3 Å². The summed E-state index contributed by atoms with van der Waals surface area (Å²) in [5, 5.41) is 0. The molecule has 0 fully saturated rings. The van der Waals surface area contributed by atoms with E-state index in [0.29, 0.717) is 5.75 Å². The summed E-state index contributed by atoms with van der Waals surface area (Å²) in [6.45, 7) is 2.03. The molecule has 1 aromatic rings. The third-order valence-electron chi connectivity index (χ3n) is 1.61. The minimum Gasteiger partial charge on any atom is -0.277 e. The Kier molecular flexibility index (Phi) is 4.49. The van der Waals surface area contributed by atoms with Crippen LogP contribution in [-0.2, 0) is 9.63 Å². The van der Waals surface area contributed by atoms with E-state index in [2.05, 4.69) is 10.3 Å². The Bertz CT molecular complexity index is 297. The van der Waals surface area contributed by atoms with E-state index in [1.54, 1.807) is 0 Å². The fourth-order valence-corrected chi connectivity index (χ4v) is 1.61. The molecule has 1 aromatic carbocycles. The van der Waals surface area contributed by atoms with Crippen LogP contribution in [0.1, 0.15) is 5.56 Å². The van der Waals surface area contributed by atoms with E-state index in [1.807, 2.05) is 31.2 Å². The van der Waals surface area contributed by atoms with Gasteiger partial charge in [-0.2, -0.15) is 0 Å². The van der Waals surface area contributed by atoms with Gasteiger partial charge >= 0.3 is 0 Å². The number of carbonyl (C=O) groups excluding carboxylic acids is 1. The molecule has 0 heterocycles. The van der Waals surface area contributed by atoms with E-state index in [4.69, 9.17) is 0 Å². The second-order valence-electron chi connectivity index (χ2n) is 2.83. The molecule has 76 valence electrons. The van der Waals surface area contributed by atoms with Crippen LogP contribution in [0, 0.1) is 6.92 Å². The summed E-state index contributed by atoms with van der Waals surface area (Å²) in [5.41, 5.74) is 3.49. The van der Waals surface area contributed by atoms with Crippen molar-refractivity contribution < 1.29 is 9.63 Å². The van der Waals surface area contributed by atoms with Crippen molar-refractivity contribution in [3.8, 4) is 0 Å². The van der Waals surface area contributed by atoms with Crippen molar-refractivity contribution in [3.05, 3.63) is 29.8 Å². The van der Waals surface area contributed by atoms with Crippen LogP contribution in [0.15, 0.2) is 29.2 Å². The Hall–Kier alpha value is -1.00. The van der Waals surface area contributed by atoms with Crippen LogP contribution in [-0.4, -0.2) is 18.8 Å². The average Bonchev–Trinajstić information content (AvgIpc) is 2.17. The molecular weight excluding hydrogens is 198 g/mol. The van der Waals surface area contributed by atoms with Gasteiger partial charge in [-0.3, -0.25) is 9.63 Å². The molecule has 0 spiro atoms. The summed E-state index contributed by atoms with van der Waals surface area (Å²) in [6.07, 6.45) is 0. The Balaban J connectivity index is 2.38. The van der Waals surface area contributed by atoms with Crippen LogP contribution in [0.4, 0.5) is 0 Å². The number of hydrogen-bond donors (Lipinski definition) is 1. The summed E-state index contributed by atoms with van der Waals surface area (Å²) in [5.74, 6) is 0.245. The minimum atomic E-state index is -0.127. The van der Waals surface area contributed by atoms with E-state index in [0.717, 1.165) is 4.90 Å². The molecule has 0 aliphatic heterocycles. The zero-order chi connectivity index (χ0) is 10.4. The number of amides is 1. The van der Waals surface area contributed by atoms with Gasteiger partial charge < -0.3 is 0 Å². The highest BCUT2D eigenvalue weighted by Crippen LogP contribution is 2.17. The summed E-state index contributed by atoms with van der Waals surface area (Å²) in [6, 6.07) is 8.05. The van der Waals surface area contributed by atoms with Gasteiger partial charge in [0.1, 0.15) is 0 Å². The van der Waals surface area contributed by atoms with Gasteiger partial charge in [0.25, 0.3) is 5.91 Å². The zero-order valence-electron chi connectivity index (χ0n) is 8.24. The van der Waals surface area contributed by atoms with E-state index < -0.39 is 0 Å². The first-order valence-electron chi connectivity index (χ1n) is 4.23. The molecule has 1 N–H and O–H groups in total. The molecule has 0 radical (unpaired) electrons. The van der Waals surface area contributed by atoms with Crippen LogP contribution in [0.3, 0.4) is 0 Å². The minimum absolute atomic E-state index is 0.127. The third-order valence-corrected chi connectivity index (χ3v) is 2.62. The van der Waals surface area contributed by atoms with Crippen molar-refractivity contribution in [1.29, 1.82) is 0 Å². The Morgan fingerprint density at radius 3 is 2.64 bits per heavy atom. The van der Waals surface area contributed by atoms with Gasteiger partial charge in [0.2, 0.25) is 0 Å². The average molecular weight is 211 g/mol. The molecule has 0 aliphatic rings. The van der Waals surface area contributed by atoms with Crippen LogP contribution in [0.25, 0.3) is 0 Å². The van der Waals surface area contributed by atoms with Crippen LogP contribution < -0.4 is 5.48 Å². The number of hydroxylamine groups is 1. The van der Waals surface area contributed by atoms with Gasteiger partial charge in [-0.25, -0.2) is 5.48 Å². The van der Waals surface area contributed by atoms with Gasteiger partial charge in [-0.05, 0) is 19.1 Å². The second kappa shape index (κ2) is 5.67. The predicted octanol–water partition coefficient (Wildman–Crippen LogP) is 1.76. The van der Waals surface area contributed by atoms with Crippen molar-refractivity contribution in [2.24, 2.45) is 0 Å². The van der Waals surface area contributed by atoms with Gasteiger partial charge in [-0.15, -0.1) is 11.8 Å². The SMILES string of the molecule is CONC(=O)CSc1ccc(C)cc1. The number of thioether (sulfide) groups is 1. The number of benzene rings is 1. The Morgan fingerprint density at radius 2 is 2.07 bits per heavy atom. The normalized spacial score (nSPS) is 9.86. The highest BCUT2D eigenvalue weighted by molar-refractivity contribution is 8.00. The van der Waals surface area contributed by atoms with E-state index in [-0.39, 0.29) is 5.91 Å². The molecule has 4 heteroatoms. The van der Waals surface area contributed by atoms with Crippen molar-refractivity contribution >= 4 is 17.7 Å². The fraction of sp³-hybridized carbons (Fsp3) is 0.300. The largest absolute Gasteiger partial charge is 0.277 e. The first-order chi connectivity index (χ1) is 6.72. The van der Waals surface area contributed by atoms with Crippen molar-refractivity contribution in [2.75, 3.05) is 12.9 Å². The molecule has 0 atom stereocenters. The van der Waals surface area contributed by atoms with E-state index >= 15 is 0 Å². The summed E-state index contributed by atoms with van der Waals surface area (Å²) in [7, 11) is 1.43. The van der Waals surface area contributed by atoms with Crippen molar-refractivity contribution in [1.82, 2.24) is 5.48 Å². The van der Waals surface area contributed by atoms with Crippen molar-refractivity contribution in [3.63, 3.8) is 0 Å². The predicted molar refractivity (Wildman–Crippen MR) is 57.1 cm³/mol. The third kappa shape index (κ3) is 3.81. The molecule has 0 aliphatic carbocycles. The van der Waals surface area contributed by atoms with Crippen LogP contribution in [0.5, 0.6) is 0 Å². The Morgan fingerprint density at radius 1 is 1.43 bits per heavy atom. The summed E-state index contributed by atoms with van der Waals surface area (Å²) in [4.78, 5) is 16.6. The smallest absolute Gasteiger partial charge is 0.253 e. The highest BCUT2D eigenvalue weighted by Gasteiger charge is 2.00. The first-order valence-corrected chi connectivity index (χ1v) is 5.22. The monoisotopic (exact) mass is 211 g/mol. The molecule has 14 heavy (non-hydrogen) atoms. The molecule has 0 aromatic heterocycles. The van der Waals surface area contributed by atoms with Crippen LogP contribution >= 0.6 is 11.8 Å². The first kappa shape index (κ1) is 11.1. The van der Waals surface area contributed by atoms with E-state index in [9.17, 15) is 4.79 Å². The molecule has 0 saturated carbocycles. The van der Waals surface area contributed by atoms with Crippen LogP contribution in [0.2, 0.25) is 0 Å². The summed E-state index contributed by atoms with van der Waals surface area (Å²) >= 11 is 1.49. The van der Waals surface area contributed by atoms with Gasteiger partial charge in [0, 0.05) is 4.90 Å². The molecule has 0 bridgehead atoms. The standard InChI is InChI=1S/C10H13NO2S/c1-8-3-5-9(6-4-8)14-7-10(12)11-13-2/h3-6H,7H2,1-2H3,(H,11,12). The fourth-order valence-electron chi connectivity index (χ4n) is 0.927. The summed E-state index contributed by atoms with van der Waals surface area (Å²) < 4.78 is 0. The molecule has 1 rings (SSSR count). The molecule has 3 nitrogen and oxygen atoms in total. The van der Waals surface area contributed by atoms with Gasteiger partial charge in [0.05, 0.1) is 12.9 Å². The molecule has 0 unspecified atom stereocenters. The maximum Gasteiger partial charge on any atom is 0.253 e. The molecular formula is C10H13NO2S. The molecule has 0 saturated heterocycles. The molecule has 1 amide bonds. The number of aryl methyl sites for hydroxylation is 1. The lowest BCUT2D eigenvalue weighted by Gasteiger charge is -2.02. The second-order valence-corrected chi connectivity index (χ2v) is 3.88. The lowest BCUT2D eigenvalue weighted by atomic mass is 10.2. The number of rotatable bonds is 4. The maximum absolute atomic E-state index is 11.0. The number of carbonyl (C=O) groups is 1. The zero-order valence-corrected chi connectivity index (χ0v) is 9.06. The number of hydrogen-bond acceptors (Lipinski definition) is 3. The van der Waals surface area contributed by atoms with Crippen molar-refractivity contribution in [2.45, 2.75) is 11.8 Å². The highest BCUT2D eigenvalue weighted by atomic mass is 32.2. The lowest BCUT2D eigenvalue weighted by molar-refractivity contribution is -0.128. The quantitative estimate of drug-likeness (QED) is 0.609. The maximum atomic E-state index is 11.0. The number of nitrogens with one attached hydrogen (secondary N) is 1. The lowest BCUT2D eigenvalue weighted by Crippen LogP contribution is -2.23. The van der Waals surface area contributed by atoms with Gasteiger partial charge in [0.15, 0.2) is 0 Å². The van der Waals surface area contributed by atoms with E-state index in [1.165, 1.54) is 24.4 Å².